The Hall–Kier alpha value is -2.04. The van der Waals surface area contributed by atoms with Crippen molar-refractivity contribution in [2.45, 2.75) is 62.8 Å². The van der Waals surface area contributed by atoms with Crippen LogP contribution in [0.25, 0.3) is 0 Å². The van der Waals surface area contributed by atoms with Crippen LogP contribution in [-0.4, -0.2) is 44.1 Å². The molecule has 182 valence electrons. The number of halogens is 2. The van der Waals surface area contributed by atoms with Crippen LogP contribution in [0.3, 0.4) is 0 Å². The van der Waals surface area contributed by atoms with E-state index in [1.807, 2.05) is 25.1 Å². The molecule has 0 fully saturated rings. The minimum absolute atomic E-state index is 0.0308. The molecule has 3 rings (SSSR count). The van der Waals surface area contributed by atoms with Crippen LogP contribution in [-0.2, 0) is 23.4 Å². The Morgan fingerprint density at radius 3 is 2.42 bits per heavy atom. The van der Waals surface area contributed by atoms with Crippen LogP contribution >= 0.6 is 10.6 Å². The predicted molar refractivity (Wildman–Crippen MR) is 126 cm³/mol. The number of aryl methyl sites for hydroxylation is 1. The summed E-state index contributed by atoms with van der Waals surface area (Å²) >= 11 is 0. The number of carbonyl (C=O) groups excluding carboxylic acids is 1. The number of amides is 1. The van der Waals surface area contributed by atoms with E-state index >= 15 is 0 Å². The standard InChI is InChI=1S/C24H32F2N2O4S/c1-4-16-5-6-18-13-33(31,32)14(2)24(21(18)9-16)27-12-23(30)22(28-15(3)29)10-17-7-19(25)11-20(26)8-17/h5-9,11,14,22-24,27,30-32H,4,10,12-13H2,1-3H3,(H,28,29)/t14?,22-,23+,24?/m0/s1. The molecule has 33 heavy (non-hydrogen) atoms. The largest absolute Gasteiger partial charge is 0.390 e. The summed E-state index contributed by atoms with van der Waals surface area (Å²) < 4.78 is 48.5. The fourth-order valence-corrected chi connectivity index (χ4v) is 5.97. The van der Waals surface area contributed by atoms with Crippen molar-refractivity contribution < 1.29 is 27.8 Å². The molecule has 1 heterocycles. The third kappa shape index (κ3) is 6.30. The minimum atomic E-state index is -2.89. The molecular weight excluding hydrogens is 450 g/mol. The van der Waals surface area contributed by atoms with E-state index in [9.17, 15) is 27.8 Å². The molecule has 2 aromatic rings. The summed E-state index contributed by atoms with van der Waals surface area (Å²) in [5, 5.41) is 16.3. The van der Waals surface area contributed by atoms with Gasteiger partial charge in [-0.1, -0.05) is 25.1 Å². The van der Waals surface area contributed by atoms with Crippen molar-refractivity contribution in [2.75, 3.05) is 6.54 Å². The summed E-state index contributed by atoms with van der Waals surface area (Å²) in [6.45, 7) is 5.15. The number of benzene rings is 2. The highest BCUT2D eigenvalue weighted by atomic mass is 32.3. The molecule has 2 unspecified atom stereocenters. The normalized spacial score (nSPS) is 22.2. The third-order valence-corrected chi connectivity index (χ3v) is 8.36. The van der Waals surface area contributed by atoms with Gasteiger partial charge in [0.15, 0.2) is 0 Å². The van der Waals surface area contributed by atoms with Crippen molar-refractivity contribution in [3.8, 4) is 0 Å². The summed E-state index contributed by atoms with van der Waals surface area (Å²) in [6.07, 6.45) is -0.223. The van der Waals surface area contributed by atoms with Gasteiger partial charge in [0.1, 0.15) is 11.6 Å². The van der Waals surface area contributed by atoms with Crippen LogP contribution in [0, 0.1) is 11.6 Å². The summed E-state index contributed by atoms with van der Waals surface area (Å²) in [7, 11) is -2.89. The first kappa shape index (κ1) is 25.6. The van der Waals surface area contributed by atoms with Crippen molar-refractivity contribution in [1.82, 2.24) is 10.6 Å². The lowest BCUT2D eigenvalue weighted by Crippen LogP contribution is -2.50. The fraction of sp³-hybridized carbons (Fsp3) is 0.458. The number of hydrogen-bond acceptors (Lipinski definition) is 5. The van der Waals surface area contributed by atoms with Crippen molar-refractivity contribution in [3.63, 3.8) is 0 Å². The Labute approximate surface area is 194 Å². The van der Waals surface area contributed by atoms with Gasteiger partial charge in [0.2, 0.25) is 5.91 Å². The first-order valence-corrected chi connectivity index (χ1v) is 12.8. The van der Waals surface area contributed by atoms with E-state index in [-0.39, 0.29) is 24.6 Å². The minimum Gasteiger partial charge on any atom is -0.390 e. The van der Waals surface area contributed by atoms with Gasteiger partial charge in [-0.05, 0) is 54.2 Å². The van der Waals surface area contributed by atoms with Crippen LogP contribution < -0.4 is 10.6 Å². The van der Waals surface area contributed by atoms with Crippen molar-refractivity contribution in [2.24, 2.45) is 0 Å². The van der Waals surface area contributed by atoms with Gasteiger partial charge in [0.25, 0.3) is 0 Å². The average molecular weight is 483 g/mol. The zero-order chi connectivity index (χ0) is 24.3. The highest BCUT2D eigenvalue weighted by molar-refractivity contribution is 8.24. The first-order chi connectivity index (χ1) is 15.5. The van der Waals surface area contributed by atoms with Crippen LogP contribution in [0.4, 0.5) is 8.78 Å². The lowest BCUT2D eigenvalue weighted by molar-refractivity contribution is -0.120. The lowest BCUT2D eigenvalue weighted by Gasteiger charge is -2.47. The summed E-state index contributed by atoms with van der Waals surface area (Å²) in [5.41, 5.74) is 3.24. The molecule has 0 saturated carbocycles. The van der Waals surface area contributed by atoms with Gasteiger partial charge in [-0.3, -0.25) is 13.9 Å². The number of carbonyl (C=O) groups is 1. The Morgan fingerprint density at radius 1 is 1.15 bits per heavy atom. The van der Waals surface area contributed by atoms with Gasteiger partial charge in [-0.15, -0.1) is 0 Å². The molecule has 5 N–H and O–H groups in total. The molecule has 6 nitrogen and oxygen atoms in total. The Bertz CT molecular complexity index is 984. The summed E-state index contributed by atoms with van der Waals surface area (Å²) in [6, 6.07) is 7.82. The van der Waals surface area contributed by atoms with Gasteiger partial charge in [0.05, 0.1) is 29.2 Å². The second kappa shape index (κ2) is 10.5. The number of fused-ring (bicyclic) bond motifs is 1. The maximum absolute atomic E-state index is 13.6. The highest BCUT2D eigenvalue weighted by Gasteiger charge is 2.37. The molecule has 1 amide bonds. The molecule has 2 aromatic carbocycles. The number of aliphatic hydroxyl groups is 1. The number of rotatable bonds is 8. The highest BCUT2D eigenvalue weighted by Crippen LogP contribution is 2.56. The first-order valence-electron chi connectivity index (χ1n) is 11.0. The van der Waals surface area contributed by atoms with Crippen molar-refractivity contribution in [3.05, 3.63) is 70.3 Å². The molecule has 1 aliphatic heterocycles. The molecule has 1 aliphatic rings. The lowest BCUT2D eigenvalue weighted by atomic mass is 9.94. The molecule has 0 saturated heterocycles. The van der Waals surface area contributed by atoms with E-state index in [1.165, 1.54) is 19.1 Å². The van der Waals surface area contributed by atoms with Gasteiger partial charge < -0.3 is 15.7 Å². The zero-order valence-corrected chi connectivity index (χ0v) is 19.8. The second-order valence-electron chi connectivity index (χ2n) is 8.70. The Morgan fingerprint density at radius 2 is 1.82 bits per heavy atom. The van der Waals surface area contributed by atoms with E-state index in [4.69, 9.17) is 0 Å². The summed E-state index contributed by atoms with van der Waals surface area (Å²) in [5.74, 6) is -1.66. The van der Waals surface area contributed by atoms with Gasteiger partial charge in [0, 0.05) is 19.5 Å². The Balaban J connectivity index is 1.80. The van der Waals surface area contributed by atoms with Crippen molar-refractivity contribution in [1.29, 1.82) is 0 Å². The van der Waals surface area contributed by atoms with Crippen LogP contribution in [0.5, 0.6) is 0 Å². The molecule has 4 atom stereocenters. The van der Waals surface area contributed by atoms with E-state index in [0.717, 1.165) is 29.2 Å². The predicted octanol–water partition coefficient (Wildman–Crippen LogP) is 3.92. The fourth-order valence-electron chi connectivity index (χ4n) is 4.31. The van der Waals surface area contributed by atoms with E-state index in [0.29, 0.717) is 5.56 Å². The maximum atomic E-state index is 13.6. The summed E-state index contributed by atoms with van der Waals surface area (Å²) in [4.78, 5) is 11.7. The van der Waals surface area contributed by atoms with Crippen LogP contribution in [0.15, 0.2) is 36.4 Å². The molecule has 0 bridgehead atoms. The maximum Gasteiger partial charge on any atom is 0.217 e. The Kier molecular flexibility index (Phi) is 8.13. The molecule has 0 aromatic heterocycles. The topological polar surface area (TPSA) is 102 Å². The molecular formula is C24H32F2N2O4S. The molecule has 0 radical (unpaired) electrons. The van der Waals surface area contributed by atoms with E-state index < -0.39 is 45.7 Å². The SMILES string of the molecule is CCc1ccc2c(c1)C(NC[C@@H](O)[C@H](Cc1cc(F)cc(F)c1)NC(C)=O)C(C)S(O)(O)C2. The molecule has 9 heteroatoms. The third-order valence-electron chi connectivity index (χ3n) is 6.16. The number of aliphatic hydroxyl groups excluding tert-OH is 1. The second-order valence-corrected chi connectivity index (χ2v) is 11.2. The van der Waals surface area contributed by atoms with Crippen LogP contribution in [0.2, 0.25) is 0 Å². The van der Waals surface area contributed by atoms with E-state index in [1.54, 1.807) is 6.92 Å². The molecule has 0 spiro atoms. The van der Waals surface area contributed by atoms with Crippen LogP contribution in [0.1, 0.15) is 49.1 Å². The van der Waals surface area contributed by atoms with Gasteiger partial charge >= 0.3 is 0 Å². The quantitative estimate of drug-likeness (QED) is 0.393. The average Bonchev–Trinajstić information content (AvgIpc) is 2.72. The molecule has 0 aliphatic carbocycles. The van der Waals surface area contributed by atoms with E-state index in [2.05, 4.69) is 10.6 Å². The monoisotopic (exact) mass is 482 g/mol. The number of hydrogen-bond donors (Lipinski definition) is 5. The van der Waals surface area contributed by atoms with Gasteiger partial charge in [-0.2, -0.15) is 10.6 Å². The van der Waals surface area contributed by atoms with Crippen molar-refractivity contribution >= 4 is 16.5 Å². The zero-order valence-electron chi connectivity index (χ0n) is 19.0. The smallest absolute Gasteiger partial charge is 0.217 e. The number of nitrogens with one attached hydrogen (secondary N) is 2. The van der Waals surface area contributed by atoms with Gasteiger partial charge in [-0.25, -0.2) is 8.78 Å².